The maximum atomic E-state index is 12.2. The Kier molecular flexibility index (Phi) is 9.87. The van der Waals surface area contributed by atoms with Crippen LogP contribution in [0.1, 0.15) is 38.2 Å². The monoisotopic (exact) mass is 393 g/mol. The third kappa shape index (κ3) is 7.87. The van der Waals surface area contributed by atoms with Gasteiger partial charge in [-0.2, -0.15) is 0 Å². The predicted molar refractivity (Wildman–Crippen MR) is 100 cm³/mol. The molecule has 0 aliphatic rings. The molecule has 0 aliphatic heterocycles. The molecule has 28 heavy (non-hydrogen) atoms. The Balaban J connectivity index is 2.50. The number of Topliss-reactive ketones (excluding diaryl/α,β-unsaturated/α-hetero) is 1. The van der Waals surface area contributed by atoms with Crippen molar-refractivity contribution in [1.29, 1.82) is 0 Å². The number of carboxylic acids is 2. The Hall–Kier alpha value is -2.74. The summed E-state index contributed by atoms with van der Waals surface area (Å²) >= 11 is 0. The van der Waals surface area contributed by atoms with Crippen molar-refractivity contribution in [3.63, 3.8) is 0 Å². The van der Waals surface area contributed by atoms with E-state index in [0.717, 1.165) is 5.56 Å². The summed E-state index contributed by atoms with van der Waals surface area (Å²) in [7, 11) is 0. The second kappa shape index (κ2) is 11.9. The van der Waals surface area contributed by atoms with E-state index in [-0.39, 0.29) is 38.2 Å². The first kappa shape index (κ1) is 23.3. The molecule has 0 bridgehead atoms. The number of hydrogen-bond donors (Lipinski definition) is 3. The van der Waals surface area contributed by atoms with E-state index in [1.807, 2.05) is 6.07 Å². The van der Waals surface area contributed by atoms with Crippen molar-refractivity contribution < 1.29 is 34.1 Å². The van der Waals surface area contributed by atoms with Gasteiger partial charge in [0, 0.05) is 18.9 Å². The van der Waals surface area contributed by atoms with Gasteiger partial charge in [-0.3, -0.25) is 19.2 Å². The number of ether oxygens (including phenoxy) is 1. The summed E-state index contributed by atoms with van der Waals surface area (Å²) in [6.07, 6.45) is 0.341. The number of esters is 1. The fraction of sp³-hybridized carbons (Fsp3) is 0.500. The Morgan fingerprint density at radius 1 is 1.00 bits per heavy atom. The lowest BCUT2D eigenvalue weighted by Crippen LogP contribution is -2.28. The molecule has 1 rings (SSSR count). The molecule has 1 aromatic rings. The molecule has 0 radical (unpaired) electrons. The molecule has 154 valence electrons. The normalized spacial score (nSPS) is 13.9. The SMILES string of the molecule is CC(CCC(CN)C(=O)O)C(=O)CCC(C(=O)O)C(=O)OCc1ccccc1. The van der Waals surface area contributed by atoms with Gasteiger partial charge in [0.05, 0.1) is 5.92 Å². The highest BCUT2D eigenvalue weighted by atomic mass is 16.5. The number of carboxylic acid groups (broad SMARTS) is 2. The van der Waals surface area contributed by atoms with Crippen LogP contribution in [0.3, 0.4) is 0 Å². The van der Waals surface area contributed by atoms with Crippen LogP contribution in [0, 0.1) is 17.8 Å². The molecule has 0 spiro atoms. The molecule has 8 nitrogen and oxygen atoms in total. The van der Waals surface area contributed by atoms with Crippen LogP contribution in [0.5, 0.6) is 0 Å². The summed E-state index contributed by atoms with van der Waals surface area (Å²) in [5.74, 6) is -6.02. The van der Waals surface area contributed by atoms with E-state index in [4.69, 9.17) is 15.6 Å². The zero-order valence-electron chi connectivity index (χ0n) is 15.9. The topological polar surface area (TPSA) is 144 Å². The Labute approximate surface area is 163 Å². The van der Waals surface area contributed by atoms with Crippen LogP contribution in [-0.2, 0) is 30.5 Å². The minimum atomic E-state index is -1.42. The van der Waals surface area contributed by atoms with Crippen molar-refractivity contribution in [3.05, 3.63) is 35.9 Å². The molecule has 0 heterocycles. The van der Waals surface area contributed by atoms with Crippen LogP contribution in [-0.4, -0.2) is 40.4 Å². The van der Waals surface area contributed by atoms with Crippen LogP contribution >= 0.6 is 0 Å². The summed E-state index contributed by atoms with van der Waals surface area (Å²) in [6, 6.07) is 8.86. The molecule has 0 saturated carbocycles. The number of ketones is 1. The van der Waals surface area contributed by atoms with Gasteiger partial charge in [0.2, 0.25) is 0 Å². The molecule has 0 fully saturated rings. The highest BCUT2D eigenvalue weighted by molar-refractivity contribution is 5.94. The third-order valence-electron chi connectivity index (χ3n) is 4.62. The van der Waals surface area contributed by atoms with E-state index in [2.05, 4.69) is 0 Å². The van der Waals surface area contributed by atoms with Gasteiger partial charge < -0.3 is 20.7 Å². The van der Waals surface area contributed by atoms with Gasteiger partial charge in [0.25, 0.3) is 0 Å². The zero-order valence-corrected chi connectivity index (χ0v) is 15.9. The lowest BCUT2D eigenvalue weighted by molar-refractivity contribution is -0.160. The van der Waals surface area contributed by atoms with E-state index in [1.54, 1.807) is 31.2 Å². The smallest absolute Gasteiger partial charge is 0.320 e. The lowest BCUT2D eigenvalue weighted by Gasteiger charge is -2.15. The molecular formula is C20H27NO7. The number of nitrogens with two attached hydrogens (primary N) is 1. The lowest BCUT2D eigenvalue weighted by atomic mass is 9.90. The number of rotatable bonds is 13. The van der Waals surface area contributed by atoms with Crippen molar-refractivity contribution in [2.75, 3.05) is 6.54 Å². The quantitative estimate of drug-likeness (QED) is 0.340. The van der Waals surface area contributed by atoms with Crippen LogP contribution in [0.2, 0.25) is 0 Å². The Morgan fingerprint density at radius 2 is 1.64 bits per heavy atom. The molecule has 1 aromatic carbocycles. The highest BCUT2D eigenvalue weighted by Gasteiger charge is 2.29. The van der Waals surface area contributed by atoms with E-state index in [0.29, 0.717) is 6.42 Å². The zero-order chi connectivity index (χ0) is 21.1. The fourth-order valence-corrected chi connectivity index (χ4v) is 2.66. The van der Waals surface area contributed by atoms with Gasteiger partial charge in [-0.05, 0) is 24.8 Å². The number of benzene rings is 1. The minimum absolute atomic E-state index is 0.00934. The molecule has 8 heteroatoms. The average Bonchev–Trinajstić information content (AvgIpc) is 2.66. The molecule has 0 saturated heterocycles. The second-order valence-electron chi connectivity index (χ2n) is 6.74. The molecule has 0 aliphatic carbocycles. The van der Waals surface area contributed by atoms with Gasteiger partial charge in [0.1, 0.15) is 12.4 Å². The molecule has 3 unspecified atom stereocenters. The number of carbonyl (C=O) groups excluding carboxylic acids is 2. The van der Waals surface area contributed by atoms with Crippen LogP contribution in [0.4, 0.5) is 0 Å². The molecule has 0 aromatic heterocycles. The first-order valence-corrected chi connectivity index (χ1v) is 9.15. The van der Waals surface area contributed by atoms with Gasteiger partial charge in [0.15, 0.2) is 5.92 Å². The van der Waals surface area contributed by atoms with Crippen LogP contribution in [0.15, 0.2) is 30.3 Å². The predicted octanol–water partition coefficient (Wildman–Crippen LogP) is 1.86. The molecule has 3 atom stereocenters. The highest BCUT2D eigenvalue weighted by Crippen LogP contribution is 2.18. The first-order valence-electron chi connectivity index (χ1n) is 9.15. The van der Waals surface area contributed by atoms with E-state index in [1.165, 1.54) is 0 Å². The van der Waals surface area contributed by atoms with Crippen LogP contribution in [0.25, 0.3) is 0 Å². The first-order chi connectivity index (χ1) is 13.3. The summed E-state index contributed by atoms with van der Waals surface area (Å²) in [5, 5.41) is 18.2. The van der Waals surface area contributed by atoms with Crippen molar-refractivity contribution >= 4 is 23.7 Å². The summed E-state index contributed by atoms with van der Waals surface area (Å²) in [4.78, 5) is 46.6. The minimum Gasteiger partial charge on any atom is -0.481 e. The molecule has 4 N–H and O–H groups in total. The van der Waals surface area contributed by atoms with Gasteiger partial charge >= 0.3 is 17.9 Å². The van der Waals surface area contributed by atoms with E-state index < -0.39 is 35.7 Å². The van der Waals surface area contributed by atoms with Crippen molar-refractivity contribution in [2.24, 2.45) is 23.5 Å². The summed E-state index contributed by atoms with van der Waals surface area (Å²) in [6.45, 7) is 1.61. The summed E-state index contributed by atoms with van der Waals surface area (Å²) in [5.41, 5.74) is 6.12. The van der Waals surface area contributed by atoms with E-state index >= 15 is 0 Å². The van der Waals surface area contributed by atoms with Gasteiger partial charge in [-0.1, -0.05) is 37.3 Å². The largest absolute Gasteiger partial charge is 0.481 e. The molecule has 0 amide bonds. The standard InChI is InChI=1S/C20H27NO7/c1-13(7-8-15(11-21)18(23)24)17(22)10-9-16(19(25)26)20(27)28-12-14-5-3-2-4-6-14/h2-6,13,15-16H,7-12,21H2,1H3,(H,23,24)(H,25,26). The second-order valence-corrected chi connectivity index (χ2v) is 6.74. The summed E-state index contributed by atoms with van der Waals surface area (Å²) < 4.78 is 5.05. The maximum Gasteiger partial charge on any atom is 0.320 e. The number of aliphatic carboxylic acids is 2. The van der Waals surface area contributed by atoms with Gasteiger partial charge in [-0.15, -0.1) is 0 Å². The number of hydrogen-bond acceptors (Lipinski definition) is 6. The average molecular weight is 393 g/mol. The van der Waals surface area contributed by atoms with Gasteiger partial charge in [-0.25, -0.2) is 0 Å². The Bertz CT molecular complexity index is 674. The number of carbonyl (C=O) groups is 4. The third-order valence-corrected chi connectivity index (χ3v) is 4.62. The van der Waals surface area contributed by atoms with Crippen molar-refractivity contribution in [1.82, 2.24) is 0 Å². The van der Waals surface area contributed by atoms with E-state index in [9.17, 15) is 24.3 Å². The van der Waals surface area contributed by atoms with Crippen molar-refractivity contribution in [2.45, 2.75) is 39.2 Å². The maximum absolute atomic E-state index is 12.2. The molecular weight excluding hydrogens is 366 g/mol. The van der Waals surface area contributed by atoms with Crippen LogP contribution < -0.4 is 5.73 Å². The Morgan fingerprint density at radius 3 is 2.18 bits per heavy atom. The fourth-order valence-electron chi connectivity index (χ4n) is 2.66. The van der Waals surface area contributed by atoms with Crippen molar-refractivity contribution in [3.8, 4) is 0 Å².